The zero-order chi connectivity index (χ0) is 22.9. The van der Waals surface area contributed by atoms with Gasteiger partial charge in [-0.05, 0) is 67.1 Å². The maximum Gasteiger partial charge on any atom is 0.513 e. The molecule has 0 aliphatic rings. The van der Waals surface area contributed by atoms with Crippen molar-refractivity contribution in [1.82, 2.24) is 5.32 Å². The minimum absolute atomic E-state index is 0.213. The van der Waals surface area contributed by atoms with Gasteiger partial charge in [0.2, 0.25) is 0 Å². The first-order valence-corrected chi connectivity index (χ1v) is 10.2. The molecule has 0 spiro atoms. The molecule has 7 nitrogen and oxygen atoms in total. The van der Waals surface area contributed by atoms with Crippen LogP contribution in [0.1, 0.15) is 33.2 Å². The lowest BCUT2D eigenvalue weighted by molar-refractivity contribution is 0.0950. The fourth-order valence-corrected chi connectivity index (χ4v) is 2.98. The van der Waals surface area contributed by atoms with E-state index in [0.717, 1.165) is 5.56 Å². The summed E-state index contributed by atoms with van der Waals surface area (Å²) in [5.74, 6) is -0.289. The maximum absolute atomic E-state index is 12.4. The molecule has 32 heavy (non-hydrogen) atoms. The zero-order valence-corrected chi connectivity index (χ0v) is 18.0. The van der Waals surface area contributed by atoms with Crippen molar-refractivity contribution in [2.75, 3.05) is 11.9 Å². The van der Waals surface area contributed by atoms with Gasteiger partial charge >= 0.3 is 6.16 Å². The first kappa shape index (κ1) is 22.8. The number of amides is 2. The molecule has 0 aliphatic heterocycles. The third kappa shape index (κ3) is 6.58. The number of hydrogen-bond donors (Lipinski definition) is 2. The molecule has 164 valence electrons. The van der Waals surface area contributed by atoms with Gasteiger partial charge in [0.05, 0.1) is 6.61 Å². The summed E-state index contributed by atoms with van der Waals surface area (Å²) in [5.41, 5.74) is 2.27. The van der Waals surface area contributed by atoms with Gasteiger partial charge < -0.3 is 20.1 Å². The van der Waals surface area contributed by atoms with Crippen LogP contribution in [0.15, 0.2) is 72.8 Å². The second-order valence-corrected chi connectivity index (χ2v) is 7.09. The van der Waals surface area contributed by atoms with E-state index in [1.165, 1.54) is 12.1 Å². The van der Waals surface area contributed by atoms with E-state index < -0.39 is 6.16 Å². The van der Waals surface area contributed by atoms with Crippen LogP contribution >= 0.6 is 11.6 Å². The van der Waals surface area contributed by atoms with Crippen molar-refractivity contribution in [3.63, 3.8) is 0 Å². The van der Waals surface area contributed by atoms with E-state index in [0.29, 0.717) is 21.8 Å². The monoisotopic (exact) mass is 452 g/mol. The van der Waals surface area contributed by atoms with Crippen LogP contribution in [0, 0.1) is 0 Å². The number of rotatable bonds is 7. The van der Waals surface area contributed by atoms with Crippen LogP contribution in [0.3, 0.4) is 0 Å². The first-order valence-electron chi connectivity index (χ1n) is 9.83. The highest BCUT2D eigenvalue weighted by Crippen LogP contribution is 2.16. The van der Waals surface area contributed by atoms with E-state index >= 15 is 0 Å². The van der Waals surface area contributed by atoms with Crippen molar-refractivity contribution >= 4 is 35.3 Å². The van der Waals surface area contributed by atoms with E-state index in [1.807, 2.05) is 6.07 Å². The summed E-state index contributed by atoms with van der Waals surface area (Å²) in [6.45, 7) is 2.16. The summed E-state index contributed by atoms with van der Waals surface area (Å²) >= 11 is 5.93. The van der Waals surface area contributed by atoms with Gasteiger partial charge in [-0.25, -0.2) is 4.79 Å². The van der Waals surface area contributed by atoms with Gasteiger partial charge in [0.15, 0.2) is 0 Å². The number of halogens is 1. The van der Waals surface area contributed by atoms with Crippen LogP contribution in [0.5, 0.6) is 5.75 Å². The third-order valence-electron chi connectivity index (χ3n) is 4.30. The number of anilines is 1. The molecule has 8 heteroatoms. The summed E-state index contributed by atoms with van der Waals surface area (Å²) in [7, 11) is 0. The van der Waals surface area contributed by atoms with Crippen molar-refractivity contribution in [3.8, 4) is 5.75 Å². The minimum Gasteiger partial charge on any atom is -0.434 e. The Balaban J connectivity index is 1.56. The molecule has 0 aliphatic carbocycles. The molecule has 0 atom stereocenters. The molecule has 0 radical (unpaired) electrons. The average molecular weight is 453 g/mol. The van der Waals surface area contributed by atoms with Crippen molar-refractivity contribution < 1.29 is 23.9 Å². The molecule has 2 amide bonds. The number of ether oxygens (including phenoxy) is 2. The largest absolute Gasteiger partial charge is 0.513 e. The van der Waals surface area contributed by atoms with Crippen LogP contribution < -0.4 is 15.4 Å². The van der Waals surface area contributed by atoms with Crippen LogP contribution in [0.25, 0.3) is 0 Å². The Bertz CT molecular complexity index is 1120. The predicted molar refractivity (Wildman–Crippen MR) is 121 cm³/mol. The number of hydrogen-bond acceptors (Lipinski definition) is 5. The number of benzene rings is 3. The topological polar surface area (TPSA) is 93.7 Å². The van der Waals surface area contributed by atoms with Gasteiger partial charge in [0.1, 0.15) is 5.75 Å². The highest BCUT2D eigenvalue weighted by Gasteiger charge is 2.10. The van der Waals surface area contributed by atoms with E-state index in [-0.39, 0.29) is 30.7 Å². The van der Waals surface area contributed by atoms with Gasteiger partial charge in [-0.15, -0.1) is 0 Å². The van der Waals surface area contributed by atoms with Gasteiger partial charge in [-0.1, -0.05) is 29.8 Å². The third-order valence-corrected chi connectivity index (χ3v) is 4.54. The number of nitrogens with one attached hydrogen (secondary N) is 2. The lowest BCUT2D eigenvalue weighted by Gasteiger charge is -2.09. The number of carbonyl (C=O) groups is 3. The average Bonchev–Trinajstić information content (AvgIpc) is 2.78. The highest BCUT2D eigenvalue weighted by atomic mass is 35.5. The lowest BCUT2D eigenvalue weighted by atomic mass is 10.1. The summed E-state index contributed by atoms with van der Waals surface area (Å²) in [6, 6.07) is 19.9. The fourth-order valence-electron chi connectivity index (χ4n) is 2.79. The minimum atomic E-state index is -0.799. The lowest BCUT2D eigenvalue weighted by Crippen LogP contribution is -2.22. The van der Waals surface area contributed by atoms with E-state index in [4.69, 9.17) is 21.1 Å². The molecule has 0 saturated heterocycles. The molecule has 0 heterocycles. The van der Waals surface area contributed by atoms with Crippen molar-refractivity contribution in [2.24, 2.45) is 0 Å². The Labute approximate surface area is 190 Å². The number of carbonyl (C=O) groups excluding carboxylic acids is 3. The van der Waals surface area contributed by atoms with Crippen LogP contribution in [0.4, 0.5) is 10.5 Å². The van der Waals surface area contributed by atoms with Gasteiger partial charge in [0.25, 0.3) is 11.8 Å². The van der Waals surface area contributed by atoms with Crippen molar-refractivity contribution in [1.29, 1.82) is 0 Å². The van der Waals surface area contributed by atoms with E-state index in [2.05, 4.69) is 10.6 Å². The summed E-state index contributed by atoms with van der Waals surface area (Å²) in [6.07, 6.45) is -0.799. The molecular formula is C24H21ClN2O5. The SMILES string of the molecule is CCOC(=O)Oc1ccc(C(=O)NCc2cccc(NC(=O)c3cccc(Cl)c3)c2)cc1. The molecule has 2 N–H and O–H groups in total. The summed E-state index contributed by atoms with van der Waals surface area (Å²) in [5, 5.41) is 6.11. The van der Waals surface area contributed by atoms with E-state index in [1.54, 1.807) is 61.5 Å². The van der Waals surface area contributed by atoms with Gasteiger partial charge in [-0.2, -0.15) is 0 Å². The Morgan fingerprint density at radius 3 is 2.34 bits per heavy atom. The second kappa shape index (κ2) is 11.0. The molecule has 0 bridgehead atoms. The highest BCUT2D eigenvalue weighted by molar-refractivity contribution is 6.31. The van der Waals surface area contributed by atoms with E-state index in [9.17, 15) is 14.4 Å². The zero-order valence-electron chi connectivity index (χ0n) is 17.3. The van der Waals surface area contributed by atoms with Crippen molar-refractivity contribution in [2.45, 2.75) is 13.5 Å². The van der Waals surface area contributed by atoms with Crippen LogP contribution in [-0.2, 0) is 11.3 Å². The second-order valence-electron chi connectivity index (χ2n) is 6.66. The van der Waals surface area contributed by atoms with Crippen LogP contribution in [-0.4, -0.2) is 24.6 Å². The Hall–Kier alpha value is -3.84. The smallest absolute Gasteiger partial charge is 0.434 e. The van der Waals surface area contributed by atoms with Gasteiger partial charge in [0, 0.05) is 28.4 Å². The summed E-state index contributed by atoms with van der Waals surface area (Å²) in [4.78, 5) is 36.1. The normalized spacial score (nSPS) is 10.2. The fraction of sp³-hybridized carbons (Fsp3) is 0.125. The van der Waals surface area contributed by atoms with Gasteiger partial charge in [-0.3, -0.25) is 9.59 Å². The Kier molecular flexibility index (Phi) is 7.83. The Morgan fingerprint density at radius 2 is 1.62 bits per heavy atom. The molecule has 0 fully saturated rings. The molecule has 3 rings (SSSR count). The molecular weight excluding hydrogens is 432 g/mol. The standard InChI is InChI=1S/C24H21ClN2O5/c1-2-31-24(30)32-21-11-9-17(10-12-21)22(28)26-15-16-5-3-8-20(13-16)27-23(29)18-6-4-7-19(25)14-18/h3-14H,2,15H2,1H3,(H,26,28)(H,27,29). The molecule has 3 aromatic rings. The Morgan fingerprint density at radius 1 is 0.875 bits per heavy atom. The molecule has 0 aromatic heterocycles. The van der Waals surface area contributed by atoms with Crippen LogP contribution in [0.2, 0.25) is 5.02 Å². The molecule has 0 saturated carbocycles. The molecule has 3 aromatic carbocycles. The first-order chi connectivity index (χ1) is 15.4. The quantitative estimate of drug-likeness (QED) is 0.386. The van der Waals surface area contributed by atoms with Crippen molar-refractivity contribution in [3.05, 3.63) is 94.5 Å². The summed E-state index contributed by atoms with van der Waals surface area (Å²) < 4.78 is 9.67. The maximum atomic E-state index is 12.4. The predicted octanol–water partition coefficient (Wildman–Crippen LogP) is 5.06. The molecule has 0 unspecified atom stereocenters.